The summed E-state index contributed by atoms with van der Waals surface area (Å²) >= 11 is 0. The summed E-state index contributed by atoms with van der Waals surface area (Å²) in [4.78, 5) is 26.4. The van der Waals surface area contributed by atoms with Gasteiger partial charge in [0.2, 0.25) is 0 Å². The molecule has 7 nitrogen and oxygen atoms in total. The Balaban J connectivity index is 3.13. The number of nitrogens with zero attached hydrogens (tertiary/aromatic N) is 3. The molecule has 1 amide bonds. The van der Waals surface area contributed by atoms with Crippen LogP contribution in [0.5, 0.6) is 0 Å². The van der Waals surface area contributed by atoms with Crippen molar-refractivity contribution in [1.29, 1.82) is 0 Å². The third-order valence-corrected chi connectivity index (χ3v) is 3.07. The number of non-ortho nitro benzene ring substituents is 1. The highest BCUT2D eigenvalue weighted by Crippen LogP contribution is 2.26. The van der Waals surface area contributed by atoms with Crippen molar-refractivity contribution in [3.05, 3.63) is 33.9 Å². The lowest BCUT2D eigenvalue weighted by Crippen LogP contribution is -2.40. The molecule has 0 unspecified atom stereocenters. The molecular weight excluding hydrogens is 298 g/mol. The number of carbonyl (C=O) groups excluding carboxylic acids is 1. The number of nitro groups is 1. The van der Waals surface area contributed by atoms with Crippen molar-refractivity contribution < 1.29 is 14.5 Å². The summed E-state index contributed by atoms with van der Waals surface area (Å²) in [6, 6.07) is 4.45. The average molecular weight is 323 g/mol. The Hall–Kier alpha value is -2.15. The maximum absolute atomic E-state index is 12.5. The van der Waals surface area contributed by atoms with Crippen LogP contribution in [0, 0.1) is 17.0 Å². The lowest BCUT2D eigenvalue weighted by atomic mass is 10.1. The van der Waals surface area contributed by atoms with Gasteiger partial charge in [-0.05, 0) is 53.4 Å². The van der Waals surface area contributed by atoms with Crippen molar-refractivity contribution in [2.24, 2.45) is 0 Å². The molecule has 1 rings (SSSR count). The molecule has 23 heavy (non-hydrogen) atoms. The summed E-state index contributed by atoms with van der Waals surface area (Å²) in [6.45, 7) is 8.23. The van der Waals surface area contributed by atoms with E-state index >= 15 is 0 Å². The highest BCUT2D eigenvalue weighted by molar-refractivity contribution is 5.89. The number of hydrogen-bond donors (Lipinski definition) is 0. The van der Waals surface area contributed by atoms with Crippen molar-refractivity contribution in [3.8, 4) is 0 Å². The third-order valence-electron chi connectivity index (χ3n) is 3.07. The van der Waals surface area contributed by atoms with E-state index in [9.17, 15) is 14.9 Å². The third kappa shape index (κ3) is 5.86. The standard InChI is InChI=1S/C16H25N3O4/c1-12-11-13(19(21)22)7-8-14(12)18(10-9-17(5)6)15(20)23-16(2,3)4/h7-8,11H,9-10H2,1-6H3. The number of hydrogen-bond acceptors (Lipinski definition) is 5. The number of nitro benzene ring substituents is 1. The van der Waals surface area contributed by atoms with Crippen molar-refractivity contribution in [3.63, 3.8) is 0 Å². The number of anilines is 1. The lowest BCUT2D eigenvalue weighted by molar-refractivity contribution is -0.384. The molecule has 128 valence electrons. The van der Waals surface area contributed by atoms with Gasteiger partial charge in [-0.1, -0.05) is 0 Å². The topological polar surface area (TPSA) is 75.9 Å². The second kappa shape index (κ2) is 7.41. The lowest BCUT2D eigenvalue weighted by Gasteiger charge is -2.29. The number of benzene rings is 1. The zero-order chi connectivity index (χ0) is 17.8. The molecule has 0 N–H and O–H groups in total. The molecule has 0 heterocycles. The first-order valence-electron chi connectivity index (χ1n) is 7.41. The molecule has 0 aromatic heterocycles. The van der Waals surface area contributed by atoms with Gasteiger partial charge in [0.1, 0.15) is 5.60 Å². The zero-order valence-electron chi connectivity index (χ0n) is 14.6. The number of likely N-dealkylation sites (N-methyl/N-ethyl adjacent to an activating group) is 1. The molecule has 0 aliphatic rings. The van der Waals surface area contributed by atoms with Crippen LogP contribution < -0.4 is 4.90 Å². The summed E-state index contributed by atoms with van der Waals surface area (Å²) < 4.78 is 5.45. The van der Waals surface area contributed by atoms with Crippen LogP contribution in [0.25, 0.3) is 0 Å². The Kier molecular flexibility index (Phi) is 6.09. The molecule has 0 spiro atoms. The molecule has 0 saturated carbocycles. The number of rotatable bonds is 5. The van der Waals surface area contributed by atoms with E-state index in [1.165, 1.54) is 17.0 Å². The van der Waals surface area contributed by atoms with Gasteiger partial charge in [0.15, 0.2) is 0 Å². The quantitative estimate of drug-likeness (QED) is 0.614. The van der Waals surface area contributed by atoms with E-state index in [0.29, 0.717) is 24.3 Å². The molecule has 0 bridgehead atoms. The van der Waals surface area contributed by atoms with E-state index in [0.717, 1.165) is 0 Å². The smallest absolute Gasteiger partial charge is 0.414 e. The monoisotopic (exact) mass is 323 g/mol. The summed E-state index contributed by atoms with van der Waals surface area (Å²) in [5, 5.41) is 10.9. The fourth-order valence-corrected chi connectivity index (χ4v) is 1.98. The van der Waals surface area contributed by atoms with E-state index in [-0.39, 0.29) is 5.69 Å². The van der Waals surface area contributed by atoms with Crippen molar-refractivity contribution in [2.75, 3.05) is 32.1 Å². The van der Waals surface area contributed by atoms with Crippen LogP contribution in [-0.4, -0.2) is 48.7 Å². The molecule has 0 fully saturated rings. The van der Waals surface area contributed by atoms with Crippen LogP contribution >= 0.6 is 0 Å². The van der Waals surface area contributed by atoms with Crippen LogP contribution in [0.1, 0.15) is 26.3 Å². The number of aryl methyl sites for hydroxylation is 1. The van der Waals surface area contributed by atoms with Gasteiger partial charge >= 0.3 is 6.09 Å². The summed E-state index contributed by atoms with van der Waals surface area (Å²) in [5.74, 6) is 0. The molecule has 0 saturated heterocycles. The van der Waals surface area contributed by atoms with Gasteiger partial charge in [-0.3, -0.25) is 15.0 Å². The van der Waals surface area contributed by atoms with Crippen LogP contribution in [0.4, 0.5) is 16.2 Å². The fraction of sp³-hybridized carbons (Fsp3) is 0.562. The van der Waals surface area contributed by atoms with Crippen LogP contribution in [-0.2, 0) is 4.74 Å². The van der Waals surface area contributed by atoms with Gasteiger partial charge in [0.25, 0.3) is 5.69 Å². The number of amides is 1. The Morgan fingerprint density at radius 2 is 1.87 bits per heavy atom. The molecule has 0 aliphatic carbocycles. The Morgan fingerprint density at radius 1 is 1.26 bits per heavy atom. The van der Waals surface area contributed by atoms with Gasteiger partial charge in [0, 0.05) is 25.2 Å². The SMILES string of the molecule is Cc1cc([N+](=O)[O-])ccc1N(CCN(C)C)C(=O)OC(C)(C)C. The number of ether oxygens (including phenoxy) is 1. The summed E-state index contributed by atoms with van der Waals surface area (Å²) in [6.07, 6.45) is -0.462. The molecule has 0 atom stereocenters. The fourth-order valence-electron chi connectivity index (χ4n) is 1.98. The average Bonchev–Trinajstić information content (AvgIpc) is 2.37. The van der Waals surface area contributed by atoms with E-state index in [2.05, 4.69) is 0 Å². The van der Waals surface area contributed by atoms with E-state index < -0.39 is 16.6 Å². The van der Waals surface area contributed by atoms with Crippen LogP contribution in [0.2, 0.25) is 0 Å². The molecule has 7 heteroatoms. The van der Waals surface area contributed by atoms with Crippen molar-refractivity contribution >= 4 is 17.5 Å². The molecule has 1 aromatic rings. The van der Waals surface area contributed by atoms with E-state index in [4.69, 9.17) is 4.74 Å². The van der Waals surface area contributed by atoms with Gasteiger partial charge in [-0.25, -0.2) is 4.79 Å². The predicted octanol–water partition coefficient (Wildman–Crippen LogP) is 3.21. The molecular formula is C16H25N3O4. The molecule has 1 aromatic carbocycles. The molecule has 0 aliphatic heterocycles. The zero-order valence-corrected chi connectivity index (χ0v) is 14.6. The predicted molar refractivity (Wildman–Crippen MR) is 90.0 cm³/mol. The second-order valence-electron chi connectivity index (χ2n) is 6.66. The summed E-state index contributed by atoms with van der Waals surface area (Å²) in [5.41, 5.74) is 0.667. The maximum atomic E-state index is 12.5. The Labute approximate surface area is 137 Å². The van der Waals surface area contributed by atoms with Crippen LogP contribution in [0.15, 0.2) is 18.2 Å². The van der Waals surface area contributed by atoms with Gasteiger partial charge in [-0.15, -0.1) is 0 Å². The van der Waals surface area contributed by atoms with E-state index in [1.54, 1.807) is 33.8 Å². The minimum atomic E-state index is -0.609. The first-order valence-corrected chi connectivity index (χ1v) is 7.41. The first-order chi connectivity index (χ1) is 10.5. The van der Waals surface area contributed by atoms with Gasteiger partial charge < -0.3 is 9.64 Å². The Morgan fingerprint density at radius 3 is 2.30 bits per heavy atom. The highest BCUT2D eigenvalue weighted by atomic mass is 16.6. The molecule has 0 radical (unpaired) electrons. The first kappa shape index (κ1) is 18.9. The second-order valence-corrected chi connectivity index (χ2v) is 6.66. The van der Waals surface area contributed by atoms with Crippen LogP contribution in [0.3, 0.4) is 0 Å². The van der Waals surface area contributed by atoms with Gasteiger partial charge in [-0.2, -0.15) is 0 Å². The maximum Gasteiger partial charge on any atom is 0.414 e. The minimum Gasteiger partial charge on any atom is -0.443 e. The van der Waals surface area contributed by atoms with Gasteiger partial charge in [0.05, 0.1) is 10.6 Å². The largest absolute Gasteiger partial charge is 0.443 e. The highest BCUT2D eigenvalue weighted by Gasteiger charge is 2.25. The normalized spacial score (nSPS) is 11.4. The number of carbonyl (C=O) groups is 1. The summed E-state index contributed by atoms with van der Waals surface area (Å²) in [7, 11) is 3.83. The van der Waals surface area contributed by atoms with Crippen molar-refractivity contribution in [2.45, 2.75) is 33.3 Å². The van der Waals surface area contributed by atoms with Crippen molar-refractivity contribution in [1.82, 2.24) is 4.90 Å². The minimum absolute atomic E-state index is 0.00278. The van der Waals surface area contributed by atoms with E-state index in [1.807, 2.05) is 19.0 Å². The Bertz CT molecular complexity index is 579.